The molecule has 0 amide bonds. The molecule has 0 aliphatic carbocycles. The fourth-order valence-corrected chi connectivity index (χ4v) is 7.47. The molecule has 1 atom stereocenters. The van der Waals surface area contributed by atoms with E-state index in [2.05, 4.69) is 83.5 Å². The van der Waals surface area contributed by atoms with Gasteiger partial charge in [0.2, 0.25) is 0 Å². The first-order chi connectivity index (χ1) is 19.9. The van der Waals surface area contributed by atoms with Gasteiger partial charge in [-0.2, -0.15) is 5.10 Å². The largest absolute Gasteiger partial charge is 0.395 e. The maximum Gasteiger partial charge on any atom is 0.158 e. The van der Waals surface area contributed by atoms with E-state index in [4.69, 9.17) is 0 Å². The summed E-state index contributed by atoms with van der Waals surface area (Å²) in [5.41, 5.74) is 11.2. The normalized spacial score (nSPS) is 18.9. The Morgan fingerprint density at radius 3 is 2.71 bits per heavy atom. The number of benzene rings is 1. The van der Waals surface area contributed by atoms with Crippen molar-refractivity contribution in [3.8, 4) is 11.3 Å². The molecule has 6 rings (SSSR count). The Bertz CT molecular complexity index is 1540. The maximum absolute atomic E-state index is 9.64. The summed E-state index contributed by atoms with van der Waals surface area (Å²) in [4.78, 5) is 13.3. The molecule has 218 valence electrons. The van der Waals surface area contributed by atoms with E-state index < -0.39 is 0 Å². The minimum Gasteiger partial charge on any atom is -0.395 e. The fourth-order valence-electron chi connectivity index (χ4n) is 7.47. The van der Waals surface area contributed by atoms with Crippen molar-refractivity contribution in [2.75, 3.05) is 32.8 Å². The lowest BCUT2D eigenvalue weighted by molar-refractivity contribution is 0.155. The van der Waals surface area contributed by atoms with Gasteiger partial charge in [0.05, 0.1) is 12.3 Å². The summed E-state index contributed by atoms with van der Waals surface area (Å²) in [7, 11) is 0. The lowest BCUT2D eigenvalue weighted by Crippen LogP contribution is -2.36. The number of hydrogen-bond donors (Lipinski definition) is 2. The number of nitrogens with one attached hydrogen (secondary N) is 1. The minimum absolute atomic E-state index is 0.278. The third-order valence-electron chi connectivity index (χ3n) is 9.81. The van der Waals surface area contributed by atoms with Gasteiger partial charge in [0.25, 0.3) is 0 Å². The van der Waals surface area contributed by atoms with E-state index in [0.717, 1.165) is 63.9 Å². The molecule has 4 aromatic rings. The van der Waals surface area contributed by atoms with Crippen LogP contribution in [0.3, 0.4) is 0 Å². The standard InChI is InChI=1S/C34H46N6O/c1-6-28-24(5)34-35-21-36-40(34)19-30(28)33-32(22(2)3)29-18-26(9-10-31(29)37-33)25-12-16-38(17-13-25)23(4)11-15-39-14-7-8-27(39)20-41/h9-10,18-19,21-22,25,27,37,41H,4,6-8,11-17,20H2,1-3,5H3/t27-/m0/s1. The maximum atomic E-state index is 9.64. The van der Waals surface area contributed by atoms with E-state index >= 15 is 0 Å². The van der Waals surface area contributed by atoms with Crippen LogP contribution in [0.4, 0.5) is 0 Å². The van der Waals surface area contributed by atoms with Crippen LogP contribution in [0.1, 0.15) is 87.0 Å². The zero-order chi connectivity index (χ0) is 28.7. The monoisotopic (exact) mass is 554 g/mol. The van der Waals surface area contributed by atoms with Crippen molar-refractivity contribution in [1.82, 2.24) is 29.4 Å². The van der Waals surface area contributed by atoms with Gasteiger partial charge >= 0.3 is 0 Å². The summed E-state index contributed by atoms with van der Waals surface area (Å²) < 4.78 is 1.92. The van der Waals surface area contributed by atoms with Crippen molar-refractivity contribution in [2.45, 2.75) is 84.1 Å². The van der Waals surface area contributed by atoms with E-state index in [1.165, 1.54) is 56.5 Å². The number of aromatic nitrogens is 4. The predicted octanol–water partition coefficient (Wildman–Crippen LogP) is 6.41. The minimum atomic E-state index is 0.278. The highest BCUT2D eigenvalue weighted by Crippen LogP contribution is 2.40. The van der Waals surface area contributed by atoms with Gasteiger partial charge in [-0.15, -0.1) is 0 Å². The molecular formula is C34H46N6O. The van der Waals surface area contributed by atoms with Gasteiger partial charge in [0.1, 0.15) is 6.33 Å². The average molecular weight is 555 g/mol. The fraction of sp³-hybridized carbons (Fsp3) is 0.529. The number of rotatable bonds is 9. The van der Waals surface area contributed by atoms with Gasteiger partial charge in [-0.3, -0.25) is 4.90 Å². The number of fused-ring (bicyclic) bond motifs is 2. The average Bonchev–Trinajstić information content (AvgIpc) is 3.73. The molecule has 0 radical (unpaired) electrons. The molecule has 2 fully saturated rings. The SMILES string of the molecule is C=C(CCN1CCC[C@H]1CO)N1CCC(c2ccc3[nH]c(-c4cn5ncnc5c(C)c4CC)c(C(C)C)c3c2)CC1. The molecule has 2 aliphatic rings. The topological polar surface area (TPSA) is 72.7 Å². The molecule has 0 bridgehead atoms. The summed E-state index contributed by atoms with van der Waals surface area (Å²) in [5.74, 6) is 0.954. The molecule has 0 spiro atoms. The van der Waals surface area contributed by atoms with Crippen molar-refractivity contribution in [1.29, 1.82) is 0 Å². The third-order valence-corrected chi connectivity index (χ3v) is 9.81. The highest BCUT2D eigenvalue weighted by Gasteiger charge is 2.26. The van der Waals surface area contributed by atoms with Crippen molar-refractivity contribution < 1.29 is 5.11 Å². The Balaban J connectivity index is 1.22. The number of nitrogens with zero attached hydrogens (tertiary/aromatic N) is 5. The van der Waals surface area contributed by atoms with Crippen LogP contribution in [-0.2, 0) is 6.42 Å². The smallest absolute Gasteiger partial charge is 0.158 e. The molecule has 0 unspecified atom stereocenters. The lowest BCUT2D eigenvalue weighted by atomic mass is 9.87. The molecule has 2 saturated heterocycles. The predicted molar refractivity (Wildman–Crippen MR) is 167 cm³/mol. The summed E-state index contributed by atoms with van der Waals surface area (Å²) >= 11 is 0. The molecule has 41 heavy (non-hydrogen) atoms. The lowest BCUT2D eigenvalue weighted by Gasteiger charge is -2.36. The summed E-state index contributed by atoms with van der Waals surface area (Å²) in [6, 6.07) is 7.45. The van der Waals surface area contributed by atoms with Gasteiger partial charge in [-0.25, -0.2) is 9.50 Å². The van der Waals surface area contributed by atoms with Crippen LogP contribution < -0.4 is 0 Å². The number of piperidine rings is 1. The number of aliphatic hydroxyl groups is 1. The zero-order valence-electron chi connectivity index (χ0n) is 25.3. The van der Waals surface area contributed by atoms with Gasteiger partial charge in [-0.1, -0.05) is 33.4 Å². The molecule has 1 aromatic carbocycles. The number of likely N-dealkylation sites (tertiary alicyclic amines) is 2. The van der Waals surface area contributed by atoms with Crippen LogP contribution >= 0.6 is 0 Å². The third kappa shape index (κ3) is 5.19. The molecule has 7 heteroatoms. The van der Waals surface area contributed by atoms with Crippen LogP contribution in [0.5, 0.6) is 0 Å². The van der Waals surface area contributed by atoms with Crippen molar-refractivity contribution >= 4 is 16.6 Å². The summed E-state index contributed by atoms with van der Waals surface area (Å²) in [6.45, 7) is 18.0. The summed E-state index contributed by atoms with van der Waals surface area (Å²) in [5, 5.41) is 15.5. The number of pyridine rings is 1. The molecule has 3 aromatic heterocycles. The van der Waals surface area contributed by atoms with Gasteiger partial charge in [0, 0.05) is 54.0 Å². The first-order valence-corrected chi connectivity index (χ1v) is 15.6. The molecule has 2 aliphatic heterocycles. The van der Waals surface area contributed by atoms with Crippen LogP contribution in [0.25, 0.3) is 27.8 Å². The molecule has 7 nitrogen and oxygen atoms in total. The van der Waals surface area contributed by atoms with Crippen molar-refractivity contribution in [3.63, 3.8) is 0 Å². The molecular weight excluding hydrogens is 508 g/mol. The summed E-state index contributed by atoms with van der Waals surface area (Å²) in [6.07, 6.45) is 10.4. The van der Waals surface area contributed by atoms with Gasteiger partial charge < -0.3 is 15.0 Å². The van der Waals surface area contributed by atoms with Gasteiger partial charge in [0.15, 0.2) is 5.65 Å². The zero-order valence-corrected chi connectivity index (χ0v) is 25.3. The van der Waals surface area contributed by atoms with E-state index in [-0.39, 0.29) is 6.61 Å². The van der Waals surface area contributed by atoms with Crippen LogP contribution in [0.15, 0.2) is 43.0 Å². The molecule has 5 heterocycles. The van der Waals surface area contributed by atoms with Crippen LogP contribution in [0.2, 0.25) is 0 Å². The Kier molecular flexibility index (Phi) is 7.92. The number of aryl methyl sites for hydroxylation is 1. The molecule has 0 saturated carbocycles. The van der Waals surface area contributed by atoms with Crippen LogP contribution in [0, 0.1) is 6.92 Å². The highest BCUT2D eigenvalue weighted by molar-refractivity contribution is 5.92. The second-order valence-electron chi connectivity index (χ2n) is 12.5. The Morgan fingerprint density at radius 2 is 1.98 bits per heavy atom. The van der Waals surface area contributed by atoms with E-state index in [1.807, 2.05) is 4.52 Å². The quantitative estimate of drug-likeness (QED) is 0.250. The Morgan fingerprint density at radius 1 is 1.17 bits per heavy atom. The highest BCUT2D eigenvalue weighted by atomic mass is 16.3. The van der Waals surface area contributed by atoms with E-state index in [1.54, 1.807) is 6.33 Å². The van der Waals surface area contributed by atoms with Crippen LogP contribution in [-0.4, -0.2) is 73.3 Å². The number of H-pyrrole nitrogens is 1. The first-order valence-electron chi connectivity index (χ1n) is 15.6. The number of aromatic amines is 1. The van der Waals surface area contributed by atoms with Crippen molar-refractivity contribution in [3.05, 3.63) is 65.3 Å². The van der Waals surface area contributed by atoms with E-state index in [0.29, 0.717) is 17.9 Å². The van der Waals surface area contributed by atoms with Crippen molar-refractivity contribution in [2.24, 2.45) is 0 Å². The Hall–Kier alpha value is -3.16. The second kappa shape index (κ2) is 11.6. The van der Waals surface area contributed by atoms with E-state index in [9.17, 15) is 5.11 Å². The first kappa shape index (κ1) is 28.0. The van der Waals surface area contributed by atoms with Gasteiger partial charge in [-0.05, 0) is 98.2 Å². The second-order valence-corrected chi connectivity index (χ2v) is 12.5. The Labute approximate surface area is 244 Å². The molecule has 2 N–H and O–H groups in total. The number of aliphatic hydroxyl groups excluding tert-OH is 1. The number of hydrogen-bond acceptors (Lipinski definition) is 5.